The predicted octanol–water partition coefficient (Wildman–Crippen LogP) is 3.46. The van der Waals surface area contributed by atoms with Crippen molar-refractivity contribution >= 4 is 16.6 Å². The summed E-state index contributed by atoms with van der Waals surface area (Å²) >= 11 is 0. The number of H-pyrrole nitrogens is 1. The van der Waals surface area contributed by atoms with Gasteiger partial charge in [-0.15, -0.1) is 0 Å². The van der Waals surface area contributed by atoms with Gasteiger partial charge in [0.15, 0.2) is 0 Å². The molecule has 1 aliphatic rings. The zero-order valence-electron chi connectivity index (χ0n) is 10.7. The van der Waals surface area contributed by atoms with Crippen molar-refractivity contribution in [3.63, 3.8) is 0 Å². The number of fused-ring (bicyclic) bond motifs is 1. The van der Waals surface area contributed by atoms with Gasteiger partial charge in [0.2, 0.25) is 0 Å². The van der Waals surface area contributed by atoms with Crippen molar-refractivity contribution in [3.05, 3.63) is 36.2 Å². The molecular weight excluding hydrogens is 222 g/mol. The maximum Gasteiger partial charge on any atom is 0.137 e. The summed E-state index contributed by atoms with van der Waals surface area (Å²) < 4.78 is 0. The number of allylic oxidation sites excluding steroid dienone is 1. The van der Waals surface area contributed by atoms with Crippen LogP contribution in [0.4, 0.5) is 0 Å². The molecule has 2 aromatic rings. The monoisotopic (exact) mass is 245 g/mol. The van der Waals surface area contributed by atoms with Gasteiger partial charge in [-0.1, -0.05) is 13.0 Å². The normalized spacial score (nSPS) is 19.4. The molecule has 1 unspecified atom stereocenters. The largest absolute Gasteiger partial charge is 0.346 e. The highest BCUT2D eigenvalue weighted by Gasteiger charge is 2.22. The molecule has 0 fully saturated rings. The molecule has 0 aromatic carbocycles. The second kappa shape index (κ2) is 4.94. The second-order valence-corrected chi connectivity index (χ2v) is 4.84. The molecule has 0 amide bonds. The lowest BCUT2D eigenvalue weighted by atomic mass is 9.95. The molecule has 1 atom stereocenters. The Hall–Kier alpha value is -1.61. The topological polar surface area (TPSA) is 40.7 Å². The Labute approximate surface area is 110 Å². The average molecular weight is 245 g/mol. The molecule has 0 aliphatic heterocycles. The first-order valence-corrected chi connectivity index (χ1v) is 6.73. The van der Waals surface area contributed by atoms with E-state index in [9.17, 15) is 0 Å². The van der Waals surface area contributed by atoms with Crippen LogP contribution in [0.25, 0.3) is 16.6 Å². The van der Waals surface area contributed by atoms with Crippen molar-refractivity contribution in [1.29, 1.82) is 0 Å². The third-order valence-electron chi connectivity index (χ3n) is 3.72. The van der Waals surface area contributed by atoms with Crippen LogP contribution in [0.1, 0.15) is 28.2 Å². The molecule has 3 heteroatoms. The maximum absolute atomic E-state index is 4.36. The van der Waals surface area contributed by atoms with Crippen molar-refractivity contribution in [3.8, 4) is 0 Å². The molecule has 0 saturated heterocycles. The molecule has 2 heterocycles. The SMILES string of the molecule is CCNCC1CCC=C1c1c[nH]c2ncccc12.[HH].[HH]. The fourth-order valence-corrected chi connectivity index (χ4v) is 2.82. The molecule has 0 spiro atoms. The molecule has 0 saturated carbocycles. The minimum atomic E-state index is 0. The molecule has 1 aliphatic carbocycles. The van der Waals surface area contributed by atoms with Crippen LogP contribution in [-0.2, 0) is 0 Å². The van der Waals surface area contributed by atoms with E-state index in [-0.39, 0.29) is 2.85 Å². The minimum absolute atomic E-state index is 0. The number of nitrogens with one attached hydrogen (secondary N) is 2. The fourth-order valence-electron chi connectivity index (χ4n) is 2.82. The predicted molar refractivity (Wildman–Crippen MR) is 79.6 cm³/mol. The first-order valence-electron chi connectivity index (χ1n) is 6.73. The fraction of sp³-hybridized carbons (Fsp3) is 0.400. The number of rotatable bonds is 4. The number of pyridine rings is 1. The zero-order valence-corrected chi connectivity index (χ0v) is 10.7. The lowest BCUT2D eigenvalue weighted by molar-refractivity contribution is 0.571. The molecule has 0 bridgehead atoms. The van der Waals surface area contributed by atoms with Crippen LogP contribution in [0, 0.1) is 5.92 Å². The average Bonchev–Trinajstić information content (AvgIpc) is 3.02. The highest BCUT2D eigenvalue weighted by Crippen LogP contribution is 2.36. The van der Waals surface area contributed by atoms with Gasteiger partial charge in [-0.25, -0.2) is 4.98 Å². The van der Waals surface area contributed by atoms with Crippen molar-refractivity contribution in [2.75, 3.05) is 13.1 Å². The Morgan fingerprint density at radius 3 is 3.39 bits per heavy atom. The van der Waals surface area contributed by atoms with Crippen molar-refractivity contribution < 1.29 is 2.85 Å². The van der Waals surface area contributed by atoms with E-state index in [1.807, 2.05) is 12.3 Å². The van der Waals surface area contributed by atoms with Gasteiger partial charge in [0, 0.05) is 32.7 Å². The summed E-state index contributed by atoms with van der Waals surface area (Å²) in [6.45, 7) is 4.28. The van der Waals surface area contributed by atoms with Crippen molar-refractivity contribution in [2.24, 2.45) is 5.92 Å². The quantitative estimate of drug-likeness (QED) is 0.866. The molecule has 3 rings (SSSR count). The second-order valence-electron chi connectivity index (χ2n) is 4.84. The van der Waals surface area contributed by atoms with E-state index in [4.69, 9.17) is 0 Å². The van der Waals surface area contributed by atoms with Crippen LogP contribution < -0.4 is 5.32 Å². The first kappa shape index (κ1) is 11.5. The highest BCUT2D eigenvalue weighted by molar-refractivity contribution is 5.91. The van der Waals surface area contributed by atoms with Gasteiger partial charge in [-0.3, -0.25) is 0 Å². The summed E-state index contributed by atoms with van der Waals surface area (Å²) in [6.07, 6.45) is 8.78. The lowest BCUT2D eigenvalue weighted by Gasteiger charge is -2.14. The van der Waals surface area contributed by atoms with Gasteiger partial charge < -0.3 is 10.3 Å². The molecule has 18 heavy (non-hydrogen) atoms. The van der Waals surface area contributed by atoms with E-state index in [1.165, 1.54) is 29.4 Å². The Morgan fingerprint density at radius 1 is 1.56 bits per heavy atom. The summed E-state index contributed by atoms with van der Waals surface area (Å²) in [7, 11) is 0. The number of hydrogen-bond donors (Lipinski definition) is 2. The minimum Gasteiger partial charge on any atom is -0.346 e. The van der Waals surface area contributed by atoms with E-state index in [0.29, 0.717) is 5.92 Å². The number of hydrogen-bond acceptors (Lipinski definition) is 2. The van der Waals surface area contributed by atoms with E-state index >= 15 is 0 Å². The number of nitrogens with zero attached hydrogens (tertiary/aromatic N) is 1. The van der Waals surface area contributed by atoms with E-state index in [2.05, 4.69) is 40.5 Å². The Balaban J connectivity index is 0.000001000. The van der Waals surface area contributed by atoms with E-state index in [1.54, 1.807) is 0 Å². The van der Waals surface area contributed by atoms with Crippen molar-refractivity contribution in [2.45, 2.75) is 19.8 Å². The van der Waals surface area contributed by atoms with Crippen LogP contribution >= 0.6 is 0 Å². The lowest BCUT2D eigenvalue weighted by Crippen LogP contribution is -2.21. The molecule has 2 N–H and O–H groups in total. The number of aromatic nitrogens is 2. The summed E-state index contributed by atoms with van der Waals surface area (Å²) in [5.74, 6) is 0.643. The van der Waals surface area contributed by atoms with Crippen LogP contribution in [0.2, 0.25) is 0 Å². The van der Waals surface area contributed by atoms with Gasteiger partial charge in [-0.05, 0) is 43.0 Å². The first-order chi connectivity index (χ1) is 8.90. The van der Waals surface area contributed by atoms with Crippen molar-refractivity contribution in [1.82, 2.24) is 15.3 Å². The van der Waals surface area contributed by atoms with Gasteiger partial charge >= 0.3 is 0 Å². The van der Waals surface area contributed by atoms with Crippen LogP contribution in [0.3, 0.4) is 0 Å². The molecule has 3 nitrogen and oxygen atoms in total. The van der Waals surface area contributed by atoms with Gasteiger partial charge in [0.05, 0.1) is 0 Å². The number of aromatic amines is 1. The Bertz CT molecular complexity index is 577. The highest BCUT2D eigenvalue weighted by atomic mass is 14.9. The molecule has 0 radical (unpaired) electrons. The van der Waals surface area contributed by atoms with Gasteiger partial charge in [0.25, 0.3) is 0 Å². The van der Waals surface area contributed by atoms with Crippen LogP contribution in [-0.4, -0.2) is 23.1 Å². The smallest absolute Gasteiger partial charge is 0.137 e. The Morgan fingerprint density at radius 2 is 2.50 bits per heavy atom. The summed E-state index contributed by atoms with van der Waals surface area (Å²) in [6, 6.07) is 4.16. The van der Waals surface area contributed by atoms with Crippen LogP contribution in [0.5, 0.6) is 0 Å². The Kier molecular flexibility index (Phi) is 3.15. The standard InChI is InChI=1S/C15H19N3.2H2/c1-2-16-9-11-5-3-6-12(11)14-10-18-15-13(14)7-4-8-17-15;;/h4,6-8,10-11,16H,2-3,5,9H2,1H3,(H,17,18);2*1H. The van der Waals surface area contributed by atoms with Gasteiger partial charge in [0.1, 0.15) is 5.65 Å². The zero-order chi connectivity index (χ0) is 12.4. The third kappa shape index (κ3) is 1.95. The van der Waals surface area contributed by atoms with Gasteiger partial charge in [-0.2, -0.15) is 0 Å². The molecular formula is C15H23N3. The van der Waals surface area contributed by atoms with E-state index < -0.39 is 0 Å². The molecule has 98 valence electrons. The summed E-state index contributed by atoms with van der Waals surface area (Å²) in [4.78, 5) is 7.63. The molecule has 2 aromatic heterocycles. The summed E-state index contributed by atoms with van der Waals surface area (Å²) in [5, 5.41) is 4.71. The third-order valence-corrected chi connectivity index (χ3v) is 3.72. The van der Waals surface area contributed by atoms with Crippen LogP contribution in [0.15, 0.2) is 30.6 Å². The maximum atomic E-state index is 4.36. The van der Waals surface area contributed by atoms with E-state index in [0.717, 1.165) is 18.7 Å². The summed E-state index contributed by atoms with van der Waals surface area (Å²) in [5.41, 5.74) is 3.80.